The number of nitrogens with one attached hydrogen (secondary N) is 1. The summed E-state index contributed by atoms with van der Waals surface area (Å²) in [6.07, 6.45) is 73.6. The van der Waals surface area contributed by atoms with Crippen LogP contribution in [0.1, 0.15) is 328 Å². The molecule has 0 aliphatic carbocycles. The van der Waals surface area contributed by atoms with Gasteiger partial charge in [0.25, 0.3) is 0 Å². The number of allylic oxidation sites excluding steroid dienone is 3. The Balaban J connectivity index is 3.46. The largest absolute Gasteiger partial charge is 0.394 e. The van der Waals surface area contributed by atoms with Crippen molar-refractivity contribution in [1.82, 2.24) is 5.32 Å². The molecule has 374 valence electrons. The summed E-state index contributed by atoms with van der Waals surface area (Å²) in [6.45, 7) is 4.34. The normalized spacial score (nSPS) is 12.9. The smallest absolute Gasteiger partial charge is 0.220 e. The van der Waals surface area contributed by atoms with Crippen LogP contribution < -0.4 is 5.32 Å². The minimum Gasteiger partial charge on any atom is -0.394 e. The molecule has 2 atom stereocenters. The molecule has 0 saturated heterocycles. The Hall–Kier alpha value is -1.13. The van der Waals surface area contributed by atoms with Gasteiger partial charge in [-0.2, -0.15) is 0 Å². The Morgan fingerprint density at radius 1 is 0.365 bits per heavy atom. The van der Waals surface area contributed by atoms with Crippen molar-refractivity contribution in [3.8, 4) is 0 Å². The first-order valence-electron chi connectivity index (χ1n) is 29.1. The zero-order valence-corrected chi connectivity index (χ0v) is 43.1. The van der Waals surface area contributed by atoms with E-state index in [1.54, 1.807) is 6.08 Å². The van der Waals surface area contributed by atoms with E-state index >= 15 is 0 Å². The Labute approximate surface area is 396 Å². The van der Waals surface area contributed by atoms with Crippen LogP contribution >= 0.6 is 0 Å². The maximum atomic E-state index is 12.4. The molecule has 0 saturated carbocycles. The van der Waals surface area contributed by atoms with E-state index < -0.39 is 12.1 Å². The van der Waals surface area contributed by atoms with Crippen molar-refractivity contribution in [2.24, 2.45) is 0 Å². The predicted octanol–water partition coefficient (Wildman–Crippen LogP) is 19.1. The van der Waals surface area contributed by atoms with Crippen LogP contribution in [0, 0.1) is 0 Å². The highest BCUT2D eigenvalue weighted by Gasteiger charge is 2.18. The Morgan fingerprint density at radius 2 is 0.619 bits per heavy atom. The summed E-state index contributed by atoms with van der Waals surface area (Å²) in [4.78, 5) is 12.4. The zero-order valence-electron chi connectivity index (χ0n) is 43.1. The molecule has 0 aromatic heterocycles. The number of carbonyl (C=O) groups is 1. The molecule has 0 spiro atoms. The summed E-state index contributed by atoms with van der Waals surface area (Å²) in [7, 11) is 0. The first kappa shape index (κ1) is 61.9. The average Bonchev–Trinajstić information content (AvgIpc) is 3.29. The van der Waals surface area contributed by atoms with E-state index in [2.05, 4.69) is 31.3 Å². The van der Waals surface area contributed by atoms with Crippen LogP contribution in [0.3, 0.4) is 0 Å². The molecule has 4 nitrogen and oxygen atoms in total. The fraction of sp³-hybridized carbons (Fsp3) is 0.915. The molecule has 0 aliphatic heterocycles. The van der Waals surface area contributed by atoms with Gasteiger partial charge < -0.3 is 15.5 Å². The average molecular weight is 887 g/mol. The number of hydrogen-bond acceptors (Lipinski definition) is 3. The van der Waals surface area contributed by atoms with Gasteiger partial charge in [0.2, 0.25) is 5.91 Å². The van der Waals surface area contributed by atoms with Gasteiger partial charge in [-0.3, -0.25) is 4.79 Å². The van der Waals surface area contributed by atoms with Crippen molar-refractivity contribution < 1.29 is 15.0 Å². The first-order valence-corrected chi connectivity index (χ1v) is 29.1. The van der Waals surface area contributed by atoms with E-state index in [1.165, 1.54) is 276 Å². The van der Waals surface area contributed by atoms with Crippen molar-refractivity contribution in [2.75, 3.05) is 6.61 Å². The Morgan fingerprint density at radius 3 is 0.921 bits per heavy atom. The monoisotopic (exact) mass is 886 g/mol. The summed E-state index contributed by atoms with van der Waals surface area (Å²) >= 11 is 0. The highest BCUT2D eigenvalue weighted by molar-refractivity contribution is 5.76. The maximum absolute atomic E-state index is 12.4. The molecule has 3 N–H and O–H groups in total. The van der Waals surface area contributed by atoms with Crippen molar-refractivity contribution in [3.05, 3.63) is 24.3 Å². The number of aliphatic hydroxyl groups is 2. The van der Waals surface area contributed by atoms with E-state index in [0.29, 0.717) is 6.42 Å². The molecule has 63 heavy (non-hydrogen) atoms. The van der Waals surface area contributed by atoms with Crippen LogP contribution in [-0.4, -0.2) is 34.9 Å². The Bertz CT molecular complexity index is 916. The standard InChI is InChI=1S/C59H115NO3/c1-3-5-7-9-11-13-15-17-19-21-23-24-25-26-27-28-29-30-31-32-33-34-35-36-37-38-40-42-44-46-48-50-52-54-58(62)57(56-61)60-59(63)55-53-51-49-47-45-43-41-39-22-20-18-16-14-12-10-8-6-4-2/h44,46,52,54,57-58,61-62H,3-43,45,47-51,53,55-56H2,1-2H3,(H,60,63)/b46-44+,54-52+. The van der Waals surface area contributed by atoms with E-state index in [-0.39, 0.29) is 12.5 Å². The van der Waals surface area contributed by atoms with Gasteiger partial charge >= 0.3 is 0 Å². The van der Waals surface area contributed by atoms with Crippen molar-refractivity contribution in [2.45, 2.75) is 341 Å². The number of carbonyl (C=O) groups excluding carboxylic acids is 1. The summed E-state index contributed by atoms with van der Waals surface area (Å²) in [6, 6.07) is -0.636. The van der Waals surface area contributed by atoms with Gasteiger partial charge in [-0.15, -0.1) is 0 Å². The van der Waals surface area contributed by atoms with E-state index in [1.807, 2.05) is 6.08 Å². The van der Waals surface area contributed by atoms with E-state index in [9.17, 15) is 15.0 Å². The molecule has 0 rings (SSSR count). The van der Waals surface area contributed by atoms with Gasteiger partial charge in [0.05, 0.1) is 18.8 Å². The van der Waals surface area contributed by atoms with Gasteiger partial charge in [0.1, 0.15) is 0 Å². The second-order valence-electron chi connectivity index (χ2n) is 20.1. The fourth-order valence-electron chi connectivity index (χ4n) is 9.26. The van der Waals surface area contributed by atoms with Crippen LogP contribution in [0.5, 0.6) is 0 Å². The number of aliphatic hydroxyl groups excluding tert-OH is 2. The molecule has 0 bridgehead atoms. The number of hydrogen-bond donors (Lipinski definition) is 3. The van der Waals surface area contributed by atoms with Gasteiger partial charge in [-0.1, -0.05) is 314 Å². The molecule has 4 heteroatoms. The number of amides is 1. The third-order valence-corrected chi connectivity index (χ3v) is 13.7. The van der Waals surface area contributed by atoms with Crippen molar-refractivity contribution >= 4 is 5.91 Å². The summed E-state index contributed by atoms with van der Waals surface area (Å²) in [5.41, 5.74) is 0. The third kappa shape index (κ3) is 51.7. The lowest BCUT2D eigenvalue weighted by Crippen LogP contribution is -2.45. The van der Waals surface area contributed by atoms with Gasteiger partial charge in [0.15, 0.2) is 0 Å². The summed E-state index contributed by atoms with van der Waals surface area (Å²) < 4.78 is 0. The minimum atomic E-state index is -0.860. The summed E-state index contributed by atoms with van der Waals surface area (Å²) in [5.74, 6) is -0.0675. The molecule has 0 aliphatic rings. The first-order chi connectivity index (χ1) is 31.2. The van der Waals surface area contributed by atoms with Crippen molar-refractivity contribution in [1.29, 1.82) is 0 Å². The molecule has 0 aromatic rings. The van der Waals surface area contributed by atoms with Crippen LogP contribution in [0.4, 0.5) is 0 Å². The second kappa shape index (κ2) is 55.2. The lowest BCUT2D eigenvalue weighted by atomic mass is 10.0. The van der Waals surface area contributed by atoms with E-state index in [4.69, 9.17) is 0 Å². The molecule has 0 aromatic carbocycles. The zero-order chi connectivity index (χ0) is 45.6. The van der Waals surface area contributed by atoms with Gasteiger partial charge in [0, 0.05) is 6.42 Å². The highest BCUT2D eigenvalue weighted by Crippen LogP contribution is 2.18. The SMILES string of the molecule is CCCCCCCCCCCCCCCCCCCCCCCCCCCCC/C=C/CC/C=C/C(O)C(CO)NC(=O)CCCCCCCCCCCCCCCCCCCC. The van der Waals surface area contributed by atoms with Crippen molar-refractivity contribution in [3.63, 3.8) is 0 Å². The molecule has 2 unspecified atom stereocenters. The van der Waals surface area contributed by atoms with Crippen LogP contribution in [0.25, 0.3) is 0 Å². The maximum Gasteiger partial charge on any atom is 0.220 e. The topological polar surface area (TPSA) is 69.6 Å². The van der Waals surface area contributed by atoms with Crippen LogP contribution in [0.2, 0.25) is 0 Å². The lowest BCUT2D eigenvalue weighted by molar-refractivity contribution is -0.123. The predicted molar refractivity (Wildman–Crippen MR) is 281 cm³/mol. The minimum absolute atomic E-state index is 0.0675. The highest BCUT2D eigenvalue weighted by atomic mass is 16.3. The number of rotatable bonds is 54. The second-order valence-corrected chi connectivity index (χ2v) is 20.1. The Kier molecular flexibility index (Phi) is 54.2. The molecule has 0 heterocycles. The third-order valence-electron chi connectivity index (χ3n) is 13.7. The molecular weight excluding hydrogens is 771 g/mol. The number of unbranched alkanes of at least 4 members (excludes halogenated alkanes) is 45. The molecule has 0 radical (unpaired) electrons. The van der Waals surface area contributed by atoms with Crippen LogP contribution in [0.15, 0.2) is 24.3 Å². The van der Waals surface area contributed by atoms with Gasteiger partial charge in [-0.25, -0.2) is 0 Å². The molecule has 0 fully saturated rings. The molecular formula is C59H115NO3. The quantitative estimate of drug-likeness (QED) is 0.0421. The van der Waals surface area contributed by atoms with Gasteiger partial charge in [-0.05, 0) is 32.1 Å². The fourth-order valence-corrected chi connectivity index (χ4v) is 9.26. The van der Waals surface area contributed by atoms with Crippen LogP contribution in [-0.2, 0) is 4.79 Å². The summed E-state index contributed by atoms with van der Waals surface area (Å²) in [5, 5.41) is 23.1. The molecule has 1 amide bonds. The van der Waals surface area contributed by atoms with E-state index in [0.717, 1.165) is 32.1 Å². The lowest BCUT2D eigenvalue weighted by Gasteiger charge is -2.19.